The highest BCUT2D eigenvalue weighted by Gasteiger charge is 2.46. The van der Waals surface area contributed by atoms with E-state index in [1.54, 1.807) is 12.1 Å². The van der Waals surface area contributed by atoms with E-state index in [1.165, 1.54) is 0 Å². The molecular weight excluding hydrogens is 218 g/mol. The molecule has 1 atom stereocenters. The average molecular weight is 231 g/mol. The van der Waals surface area contributed by atoms with E-state index in [1.807, 2.05) is 25.1 Å². The van der Waals surface area contributed by atoms with Crippen LogP contribution in [0.2, 0.25) is 0 Å². The number of rotatable bonds is 2. The van der Waals surface area contributed by atoms with Gasteiger partial charge in [0.1, 0.15) is 11.3 Å². The molecule has 1 aromatic rings. The molecule has 0 spiro atoms. The maximum absolute atomic E-state index is 12.1. The van der Waals surface area contributed by atoms with Crippen LogP contribution in [0, 0.1) is 0 Å². The van der Waals surface area contributed by atoms with Crippen molar-refractivity contribution in [2.24, 2.45) is 10.7 Å². The topological polar surface area (TPSA) is 84.5 Å². The SMILES string of the molecule is CCC1(c2ccccc2)C(=O)NC(=O)N=C1N. The summed E-state index contributed by atoms with van der Waals surface area (Å²) in [5.74, 6) is -0.358. The maximum Gasteiger partial charge on any atom is 0.349 e. The highest BCUT2D eigenvalue weighted by Crippen LogP contribution is 2.30. The normalized spacial score (nSPS) is 24.2. The Hall–Kier alpha value is -2.17. The predicted octanol–water partition coefficient (Wildman–Crippen LogP) is 0.941. The number of amides is 3. The Bertz CT molecular complexity index is 496. The van der Waals surface area contributed by atoms with Gasteiger partial charge in [-0.05, 0) is 12.0 Å². The summed E-state index contributed by atoms with van der Waals surface area (Å²) in [6.07, 6.45) is 0.450. The Morgan fingerprint density at radius 2 is 1.94 bits per heavy atom. The molecule has 1 heterocycles. The van der Waals surface area contributed by atoms with Gasteiger partial charge in [-0.1, -0.05) is 37.3 Å². The Kier molecular flexibility index (Phi) is 2.67. The molecule has 88 valence electrons. The van der Waals surface area contributed by atoms with Gasteiger partial charge in [0.2, 0.25) is 5.91 Å². The minimum Gasteiger partial charge on any atom is -0.386 e. The Balaban J connectivity index is 2.62. The zero-order valence-electron chi connectivity index (χ0n) is 9.43. The third-order valence-corrected chi connectivity index (χ3v) is 3.06. The predicted molar refractivity (Wildman–Crippen MR) is 63.6 cm³/mol. The number of amidine groups is 1. The molecule has 1 unspecified atom stereocenters. The van der Waals surface area contributed by atoms with Crippen LogP contribution in [0.5, 0.6) is 0 Å². The molecule has 5 heteroatoms. The van der Waals surface area contributed by atoms with Crippen LogP contribution < -0.4 is 11.1 Å². The van der Waals surface area contributed by atoms with Crippen LogP contribution in [-0.2, 0) is 10.2 Å². The molecule has 0 aliphatic carbocycles. The summed E-state index contributed by atoms with van der Waals surface area (Å²) in [6.45, 7) is 1.84. The number of nitrogens with one attached hydrogen (secondary N) is 1. The second-order valence-corrected chi connectivity index (χ2v) is 3.88. The van der Waals surface area contributed by atoms with Gasteiger partial charge in [0.05, 0.1) is 0 Å². The first-order valence-corrected chi connectivity index (χ1v) is 5.37. The molecule has 1 aliphatic heterocycles. The lowest BCUT2D eigenvalue weighted by Crippen LogP contribution is -2.57. The monoisotopic (exact) mass is 231 g/mol. The van der Waals surface area contributed by atoms with Crippen LogP contribution in [0.1, 0.15) is 18.9 Å². The van der Waals surface area contributed by atoms with Gasteiger partial charge in [0.25, 0.3) is 0 Å². The minimum atomic E-state index is -1.03. The Labute approximate surface area is 98.7 Å². The smallest absolute Gasteiger partial charge is 0.349 e. The number of benzene rings is 1. The van der Waals surface area contributed by atoms with Crippen molar-refractivity contribution >= 4 is 17.8 Å². The lowest BCUT2D eigenvalue weighted by atomic mass is 9.75. The van der Waals surface area contributed by atoms with Gasteiger partial charge in [-0.3, -0.25) is 10.1 Å². The molecule has 3 N–H and O–H groups in total. The first-order chi connectivity index (χ1) is 8.11. The van der Waals surface area contributed by atoms with Crippen molar-refractivity contribution in [1.82, 2.24) is 5.32 Å². The summed E-state index contributed by atoms with van der Waals surface area (Å²) in [7, 11) is 0. The largest absolute Gasteiger partial charge is 0.386 e. The molecule has 3 amide bonds. The molecule has 0 bridgehead atoms. The van der Waals surface area contributed by atoms with Gasteiger partial charge < -0.3 is 5.73 Å². The molecular formula is C12H13N3O2. The fourth-order valence-corrected chi connectivity index (χ4v) is 2.10. The van der Waals surface area contributed by atoms with Gasteiger partial charge in [-0.2, -0.15) is 4.99 Å². The van der Waals surface area contributed by atoms with Crippen LogP contribution in [-0.4, -0.2) is 17.8 Å². The van der Waals surface area contributed by atoms with Gasteiger partial charge in [0.15, 0.2) is 0 Å². The molecule has 0 aromatic heterocycles. The summed E-state index contributed by atoms with van der Waals surface area (Å²) in [4.78, 5) is 26.9. The van der Waals surface area contributed by atoms with Crippen molar-refractivity contribution in [2.45, 2.75) is 18.8 Å². The van der Waals surface area contributed by atoms with E-state index in [9.17, 15) is 9.59 Å². The van der Waals surface area contributed by atoms with Crippen molar-refractivity contribution in [2.75, 3.05) is 0 Å². The van der Waals surface area contributed by atoms with Crippen molar-refractivity contribution in [3.63, 3.8) is 0 Å². The van der Waals surface area contributed by atoms with Crippen molar-refractivity contribution in [3.8, 4) is 0 Å². The van der Waals surface area contributed by atoms with Crippen LogP contribution in [0.15, 0.2) is 35.3 Å². The average Bonchev–Trinajstić information content (AvgIpc) is 2.30. The molecule has 0 saturated carbocycles. The van der Waals surface area contributed by atoms with Crippen LogP contribution in [0.3, 0.4) is 0 Å². The summed E-state index contributed by atoms with van der Waals surface area (Å²) in [5, 5.41) is 2.20. The number of hydrogen-bond acceptors (Lipinski definition) is 3. The second-order valence-electron chi connectivity index (χ2n) is 3.88. The second kappa shape index (κ2) is 4.01. The fourth-order valence-electron chi connectivity index (χ4n) is 2.10. The minimum absolute atomic E-state index is 0.0555. The lowest BCUT2D eigenvalue weighted by molar-refractivity contribution is -0.123. The van der Waals surface area contributed by atoms with Crippen LogP contribution >= 0.6 is 0 Å². The molecule has 0 saturated heterocycles. The summed E-state index contributed by atoms with van der Waals surface area (Å²) in [5.41, 5.74) is 5.52. The molecule has 2 rings (SSSR count). The van der Waals surface area contributed by atoms with E-state index < -0.39 is 17.4 Å². The lowest BCUT2D eigenvalue weighted by Gasteiger charge is -2.33. The molecule has 17 heavy (non-hydrogen) atoms. The number of carbonyl (C=O) groups excluding carboxylic acids is 2. The Morgan fingerprint density at radius 3 is 2.47 bits per heavy atom. The van der Waals surface area contributed by atoms with E-state index in [0.29, 0.717) is 6.42 Å². The van der Waals surface area contributed by atoms with E-state index in [4.69, 9.17) is 5.73 Å². The molecule has 0 radical (unpaired) electrons. The van der Waals surface area contributed by atoms with Crippen molar-refractivity contribution < 1.29 is 9.59 Å². The molecule has 1 aromatic carbocycles. The van der Waals surface area contributed by atoms with Crippen LogP contribution in [0.25, 0.3) is 0 Å². The van der Waals surface area contributed by atoms with Gasteiger partial charge in [0, 0.05) is 0 Å². The van der Waals surface area contributed by atoms with Gasteiger partial charge >= 0.3 is 6.03 Å². The number of nitrogens with zero attached hydrogens (tertiary/aromatic N) is 1. The van der Waals surface area contributed by atoms with Crippen molar-refractivity contribution in [1.29, 1.82) is 0 Å². The number of urea groups is 1. The molecule has 1 aliphatic rings. The number of carbonyl (C=O) groups is 2. The first-order valence-electron chi connectivity index (χ1n) is 5.37. The number of aliphatic imine (C=N–C) groups is 1. The first kappa shape index (κ1) is 11.3. The number of nitrogens with two attached hydrogens (primary N) is 1. The summed E-state index contributed by atoms with van der Waals surface area (Å²) in [6, 6.07) is 8.41. The summed E-state index contributed by atoms with van der Waals surface area (Å²) < 4.78 is 0. The van der Waals surface area contributed by atoms with E-state index in [0.717, 1.165) is 5.56 Å². The number of hydrogen-bond donors (Lipinski definition) is 2. The third-order valence-electron chi connectivity index (χ3n) is 3.06. The highest BCUT2D eigenvalue weighted by molar-refractivity contribution is 6.22. The summed E-state index contributed by atoms with van der Waals surface area (Å²) >= 11 is 0. The zero-order chi connectivity index (χ0) is 12.5. The van der Waals surface area contributed by atoms with Crippen LogP contribution in [0.4, 0.5) is 4.79 Å². The Morgan fingerprint density at radius 1 is 1.29 bits per heavy atom. The quantitative estimate of drug-likeness (QED) is 0.794. The fraction of sp³-hybridized carbons (Fsp3) is 0.250. The van der Waals surface area contributed by atoms with Crippen molar-refractivity contribution in [3.05, 3.63) is 35.9 Å². The third kappa shape index (κ3) is 1.60. The van der Waals surface area contributed by atoms with Gasteiger partial charge in [-0.25, -0.2) is 4.79 Å². The standard InChI is InChI=1S/C12H13N3O2/c1-2-12(8-6-4-3-5-7-8)9(13)14-11(17)15-10(12)16/h3-7H,2H2,1H3,(H3,13,14,15,16,17). The van der Waals surface area contributed by atoms with Gasteiger partial charge in [-0.15, -0.1) is 0 Å². The zero-order valence-corrected chi connectivity index (χ0v) is 9.43. The molecule has 5 nitrogen and oxygen atoms in total. The van der Waals surface area contributed by atoms with E-state index >= 15 is 0 Å². The highest BCUT2D eigenvalue weighted by atomic mass is 16.2. The molecule has 0 fully saturated rings. The number of imide groups is 1. The maximum atomic E-state index is 12.1. The van der Waals surface area contributed by atoms with E-state index in [2.05, 4.69) is 10.3 Å². The van der Waals surface area contributed by atoms with E-state index in [-0.39, 0.29) is 5.84 Å².